The molecule has 0 atom stereocenters. The number of pyridine rings is 1. The quantitative estimate of drug-likeness (QED) is 0.686. The van der Waals surface area contributed by atoms with Crippen LogP contribution in [0.4, 0.5) is 8.78 Å². The monoisotopic (exact) mass is 352 g/mol. The van der Waals surface area contributed by atoms with Gasteiger partial charge in [0.15, 0.2) is 0 Å². The van der Waals surface area contributed by atoms with Gasteiger partial charge in [-0.15, -0.1) is 0 Å². The average molecular weight is 352 g/mol. The summed E-state index contributed by atoms with van der Waals surface area (Å²) in [6.07, 6.45) is 1.76. The lowest BCUT2D eigenvalue weighted by Crippen LogP contribution is -2.22. The van der Waals surface area contributed by atoms with E-state index in [1.54, 1.807) is 12.1 Å². The van der Waals surface area contributed by atoms with Gasteiger partial charge in [0.05, 0.1) is 0 Å². The van der Waals surface area contributed by atoms with Crippen LogP contribution < -0.4 is 5.49 Å². The van der Waals surface area contributed by atoms with E-state index in [0.29, 0.717) is 12.0 Å². The number of benzene rings is 2. The van der Waals surface area contributed by atoms with E-state index in [-0.39, 0.29) is 18.4 Å². The molecule has 0 saturated heterocycles. The van der Waals surface area contributed by atoms with E-state index in [9.17, 15) is 13.6 Å². The van der Waals surface area contributed by atoms with Gasteiger partial charge in [-0.05, 0) is 36.2 Å². The Morgan fingerprint density at radius 2 is 1.58 bits per heavy atom. The second-order valence-electron chi connectivity index (χ2n) is 5.88. The number of aromatic nitrogens is 1. The number of carbonyl (C=O) groups excluding carboxylic acids is 1. The summed E-state index contributed by atoms with van der Waals surface area (Å²) in [7, 11) is 0. The van der Waals surface area contributed by atoms with Crippen molar-refractivity contribution in [1.82, 2.24) is 4.57 Å². The Morgan fingerprint density at radius 1 is 0.885 bits per heavy atom. The van der Waals surface area contributed by atoms with Crippen molar-refractivity contribution in [3.8, 4) is 0 Å². The predicted molar refractivity (Wildman–Crippen MR) is 95.2 cm³/mol. The van der Waals surface area contributed by atoms with Crippen LogP contribution in [0.25, 0.3) is 0 Å². The molecule has 0 radical (unpaired) electrons. The Bertz CT molecular complexity index is 945. The van der Waals surface area contributed by atoms with Crippen molar-refractivity contribution in [2.24, 2.45) is 4.99 Å². The maximum Gasteiger partial charge on any atom is 0.247 e. The zero-order valence-electron chi connectivity index (χ0n) is 14.1. The van der Waals surface area contributed by atoms with E-state index in [2.05, 4.69) is 4.99 Å². The average Bonchev–Trinajstić information content (AvgIpc) is 2.64. The van der Waals surface area contributed by atoms with Crippen molar-refractivity contribution < 1.29 is 13.6 Å². The van der Waals surface area contributed by atoms with Gasteiger partial charge in [-0.2, -0.15) is 4.99 Å². The molecule has 26 heavy (non-hydrogen) atoms. The van der Waals surface area contributed by atoms with E-state index in [1.165, 1.54) is 18.2 Å². The fourth-order valence-corrected chi connectivity index (χ4v) is 2.67. The smallest absolute Gasteiger partial charge is 0.247 e. The topological polar surface area (TPSA) is 34.4 Å². The van der Waals surface area contributed by atoms with Crippen molar-refractivity contribution in [2.45, 2.75) is 19.4 Å². The van der Waals surface area contributed by atoms with Gasteiger partial charge in [-0.25, -0.2) is 8.78 Å². The first kappa shape index (κ1) is 17.7. The van der Waals surface area contributed by atoms with Gasteiger partial charge in [-0.3, -0.25) is 4.79 Å². The van der Waals surface area contributed by atoms with Crippen LogP contribution in [-0.4, -0.2) is 10.5 Å². The molecule has 0 fully saturated rings. The van der Waals surface area contributed by atoms with Crippen LogP contribution in [0.15, 0.2) is 77.9 Å². The molecule has 0 saturated carbocycles. The van der Waals surface area contributed by atoms with Crippen LogP contribution in [-0.2, 0) is 17.8 Å². The Balaban J connectivity index is 1.76. The second kappa shape index (κ2) is 8.34. The van der Waals surface area contributed by atoms with Gasteiger partial charge < -0.3 is 4.57 Å². The van der Waals surface area contributed by atoms with Gasteiger partial charge in [0.1, 0.15) is 17.1 Å². The third kappa shape index (κ3) is 4.51. The lowest BCUT2D eigenvalue weighted by molar-refractivity contribution is -0.118. The molecule has 0 aliphatic rings. The number of amides is 1. The molecule has 0 bridgehead atoms. The largest absolute Gasteiger partial charge is 0.329 e. The first-order chi connectivity index (χ1) is 12.6. The Labute approximate surface area is 150 Å². The molecule has 132 valence electrons. The molecule has 5 heteroatoms. The van der Waals surface area contributed by atoms with Gasteiger partial charge in [0.2, 0.25) is 5.91 Å². The predicted octanol–water partition coefficient (Wildman–Crippen LogP) is 3.87. The lowest BCUT2D eigenvalue weighted by Gasteiger charge is -2.07. The van der Waals surface area contributed by atoms with E-state index in [1.807, 2.05) is 47.2 Å². The number of carbonyl (C=O) groups is 1. The molecular formula is C21H18F2N2O. The summed E-state index contributed by atoms with van der Waals surface area (Å²) in [5.41, 5.74) is 1.51. The van der Waals surface area contributed by atoms with Crippen molar-refractivity contribution in [3.05, 3.63) is 101 Å². The lowest BCUT2D eigenvalue weighted by atomic mass is 10.1. The third-order valence-electron chi connectivity index (χ3n) is 4.00. The van der Waals surface area contributed by atoms with Crippen LogP contribution in [0.5, 0.6) is 0 Å². The molecule has 0 aliphatic heterocycles. The maximum atomic E-state index is 13.6. The minimum absolute atomic E-state index is 0.0215. The summed E-state index contributed by atoms with van der Waals surface area (Å²) in [5, 5.41) is 0. The number of nitrogens with zero attached hydrogens (tertiary/aromatic N) is 2. The number of halogens is 2. The van der Waals surface area contributed by atoms with E-state index < -0.39 is 17.5 Å². The van der Waals surface area contributed by atoms with Crippen molar-refractivity contribution >= 4 is 5.91 Å². The summed E-state index contributed by atoms with van der Waals surface area (Å²) in [6, 6.07) is 18.9. The molecule has 3 rings (SSSR count). The van der Waals surface area contributed by atoms with Crippen molar-refractivity contribution in [3.63, 3.8) is 0 Å². The summed E-state index contributed by atoms with van der Waals surface area (Å²) >= 11 is 0. The van der Waals surface area contributed by atoms with Crippen LogP contribution >= 0.6 is 0 Å². The Kier molecular flexibility index (Phi) is 5.69. The second-order valence-corrected chi connectivity index (χ2v) is 5.88. The molecule has 0 spiro atoms. The van der Waals surface area contributed by atoms with E-state index >= 15 is 0 Å². The number of hydrogen-bond acceptors (Lipinski definition) is 1. The summed E-state index contributed by atoms with van der Waals surface area (Å²) in [5.74, 6) is -1.70. The van der Waals surface area contributed by atoms with Gasteiger partial charge in [0.25, 0.3) is 0 Å². The van der Waals surface area contributed by atoms with Gasteiger partial charge in [-0.1, -0.05) is 42.5 Å². The van der Waals surface area contributed by atoms with E-state index in [0.717, 1.165) is 5.56 Å². The molecule has 1 heterocycles. The molecule has 3 nitrogen and oxygen atoms in total. The molecule has 1 amide bonds. The summed E-state index contributed by atoms with van der Waals surface area (Å²) < 4.78 is 29.2. The third-order valence-corrected chi connectivity index (χ3v) is 4.00. The molecule has 0 unspecified atom stereocenters. The molecule has 0 N–H and O–H groups in total. The maximum absolute atomic E-state index is 13.6. The van der Waals surface area contributed by atoms with Crippen molar-refractivity contribution in [2.75, 3.05) is 0 Å². The standard InChI is InChI=1S/C21H18F2N2O/c22-18-9-6-10-19(23)17(18)12-13-21(26)24-20-11-4-5-14-25(20)15-16-7-2-1-3-8-16/h1-11,14H,12-13,15H2. The minimum Gasteiger partial charge on any atom is -0.329 e. The Morgan fingerprint density at radius 3 is 2.31 bits per heavy atom. The highest BCUT2D eigenvalue weighted by atomic mass is 19.1. The van der Waals surface area contributed by atoms with Gasteiger partial charge >= 0.3 is 0 Å². The molecule has 0 aliphatic carbocycles. The zero-order valence-corrected chi connectivity index (χ0v) is 14.1. The SMILES string of the molecule is O=C(CCc1c(F)cccc1F)N=c1ccccn1Cc1ccccc1. The van der Waals surface area contributed by atoms with Crippen molar-refractivity contribution in [1.29, 1.82) is 0 Å². The number of rotatable bonds is 5. The molecular weight excluding hydrogens is 334 g/mol. The molecule has 2 aromatic carbocycles. The highest BCUT2D eigenvalue weighted by Crippen LogP contribution is 2.14. The van der Waals surface area contributed by atoms with Gasteiger partial charge in [0, 0.05) is 24.7 Å². The highest BCUT2D eigenvalue weighted by Gasteiger charge is 2.10. The molecule has 1 aromatic heterocycles. The first-order valence-corrected chi connectivity index (χ1v) is 8.33. The fraction of sp³-hybridized carbons (Fsp3) is 0.143. The van der Waals surface area contributed by atoms with Crippen LogP contribution in [0.1, 0.15) is 17.5 Å². The van der Waals surface area contributed by atoms with Crippen LogP contribution in [0.3, 0.4) is 0 Å². The highest BCUT2D eigenvalue weighted by molar-refractivity contribution is 5.77. The minimum atomic E-state index is -0.642. The van der Waals surface area contributed by atoms with E-state index in [4.69, 9.17) is 0 Å². The molecule has 3 aromatic rings. The van der Waals surface area contributed by atoms with Crippen LogP contribution in [0.2, 0.25) is 0 Å². The summed E-state index contributed by atoms with van der Waals surface area (Å²) in [4.78, 5) is 16.3. The van der Waals surface area contributed by atoms with Crippen LogP contribution in [0, 0.1) is 11.6 Å². The first-order valence-electron chi connectivity index (χ1n) is 8.33. The zero-order chi connectivity index (χ0) is 18.4. The number of hydrogen-bond donors (Lipinski definition) is 0. The summed E-state index contributed by atoms with van der Waals surface area (Å²) in [6.45, 7) is 0.579. The Hall–Kier alpha value is -3.08. The fourth-order valence-electron chi connectivity index (χ4n) is 2.67. The normalized spacial score (nSPS) is 11.5.